The second kappa shape index (κ2) is 10.1. The van der Waals surface area contributed by atoms with E-state index in [1.54, 1.807) is 5.56 Å². The lowest BCUT2D eigenvalue weighted by Crippen LogP contribution is -2.55. The molecule has 0 nitrogen and oxygen atoms in total. The SMILES string of the molecule is C=C(CCc1cc(CC)c2c(c1C)C(=C)C1=C(C)[C@@]3(C)C(=C)C(C(=C)C)C(C)C[C@@]3(C)C[C@@]1(C)C2)c1ccccc1. The summed E-state index contributed by atoms with van der Waals surface area (Å²) in [4.78, 5) is 0. The highest BCUT2D eigenvalue weighted by molar-refractivity contribution is 5.87. The Bertz CT molecular complexity index is 1490. The average molecular weight is 545 g/mol. The summed E-state index contributed by atoms with van der Waals surface area (Å²) in [5.41, 5.74) is 16.9. The van der Waals surface area contributed by atoms with Crippen LogP contribution < -0.4 is 0 Å². The average Bonchev–Trinajstić information content (AvgIpc) is 2.90. The van der Waals surface area contributed by atoms with Crippen molar-refractivity contribution < 1.29 is 0 Å². The normalized spacial score (nSPS) is 30.9. The van der Waals surface area contributed by atoms with Crippen molar-refractivity contribution in [2.75, 3.05) is 0 Å². The van der Waals surface area contributed by atoms with Gasteiger partial charge in [0.15, 0.2) is 0 Å². The summed E-state index contributed by atoms with van der Waals surface area (Å²) in [5, 5.41) is 0. The van der Waals surface area contributed by atoms with E-state index in [9.17, 15) is 0 Å². The second-order valence-electron chi connectivity index (χ2n) is 14.6. The fourth-order valence-electron chi connectivity index (χ4n) is 9.95. The molecule has 0 aliphatic heterocycles. The van der Waals surface area contributed by atoms with Crippen LogP contribution in [-0.2, 0) is 19.3 Å². The predicted octanol–water partition coefficient (Wildman–Crippen LogP) is 11.3. The van der Waals surface area contributed by atoms with Crippen LogP contribution in [0.1, 0.15) is 101 Å². The first kappa shape index (κ1) is 29.6. The van der Waals surface area contributed by atoms with Gasteiger partial charge in [0.2, 0.25) is 0 Å². The molecule has 2 aromatic carbocycles. The van der Waals surface area contributed by atoms with Crippen LogP contribution in [0.15, 0.2) is 85.0 Å². The monoisotopic (exact) mass is 544 g/mol. The van der Waals surface area contributed by atoms with E-state index in [2.05, 4.69) is 105 Å². The van der Waals surface area contributed by atoms with E-state index in [-0.39, 0.29) is 16.2 Å². The highest BCUT2D eigenvalue weighted by Crippen LogP contribution is 2.71. The minimum Gasteiger partial charge on any atom is -0.0995 e. The Labute approximate surface area is 251 Å². The largest absolute Gasteiger partial charge is 0.0995 e. The molecule has 0 N–H and O–H groups in total. The molecule has 1 saturated carbocycles. The number of aryl methyl sites for hydroxylation is 2. The molecule has 0 spiro atoms. The van der Waals surface area contributed by atoms with Gasteiger partial charge in [-0.1, -0.05) is 114 Å². The van der Waals surface area contributed by atoms with Gasteiger partial charge in [0.25, 0.3) is 0 Å². The van der Waals surface area contributed by atoms with Gasteiger partial charge in [0, 0.05) is 11.3 Å². The first-order valence-corrected chi connectivity index (χ1v) is 15.8. The lowest BCUT2D eigenvalue weighted by atomic mass is 9.39. The smallest absolute Gasteiger partial charge is 0.0153 e. The Kier molecular flexibility index (Phi) is 7.33. The van der Waals surface area contributed by atoms with E-state index in [1.807, 2.05) is 0 Å². The van der Waals surface area contributed by atoms with Gasteiger partial charge < -0.3 is 0 Å². The topological polar surface area (TPSA) is 0 Å². The summed E-state index contributed by atoms with van der Waals surface area (Å²) in [6.45, 7) is 37.9. The van der Waals surface area contributed by atoms with E-state index in [1.165, 1.54) is 74.1 Å². The van der Waals surface area contributed by atoms with Crippen molar-refractivity contribution >= 4 is 11.1 Å². The number of hydrogen-bond acceptors (Lipinski definition) is 0. The summed E-state index contributed by atoms with van der Waals surface area (Å²) < 4.78 is 0. The third kappa shape index (κ3) is 4.31. The van der Waals surface area contributed by atoms with Gasteiger partial charge in [-0.15, -0.1) is 0 Å². The van der Waals surface area contributed by atoms with Crippen molar-refractivity contribution in [1.29, 1.82) is 0 Å². The third-order valence-corrected chi connectivity index (χ3v) is 11.9. The number of allylic oxidation sites excluding steroid dienone is 6. The molecular formula is C41H52. The van der Waals surface area contributed by atoms with Crippen LogP contribution in [0.25, 0.3) is 11.1 Å². The van der Waals surface area contributed by atoms with Gasteiger partial charge in [0.05, 0.1) is 0 Å². The molecule has 3 aliphatic carbocycles. The molecule has 216 valence electrons. The highest BCUT2D eigenvalue weighted by atomic mass is 14.6. The van der Waals surface area contributed by atoms with E-state index in [4.69, 9.17) is 13.2 Å². The van der Waals surface area contributed by atoms with Gasteiger partial charge >= 0.3 is 0 Å². The molecule has 0 amide bonds. The van der Waals surface area contributed by atoms with E-state index < -0.39 is 0 Å². The molecule has 41 heavy (non-hydrogen) atoms. The molecule has 0 saturated heterocycles. The minimum atomic E-state index is -0.0645. The standard InChI is InChI=1S/C41H52/c1-13-32-21-34(20-19-26(4)33-17-15-14-16-18-33)28(6)37-29(7)38-31(9)41(12)30(8)36(25(2)3)27(5)22-40(41,11)24-39(38,10)23-35(32)37/h14-18,21,27,36H,2,4,7-8,13,19-20,22-24H2,1,3,5-6,9-12H3/t27?,36?,39-,40+,41-/m1/s1. The van der Waals surface area contributed by atoms with Gasteiger partial charge in [0.1, 0.15) is 0 Å². The Morgan fingerprint density at radius 3 is 2.27 bits per heavy atom. The summed E-state index contributed by atoms with van der Waals surface area (Å²) >= 11 is 0. The molecule has 0 radical (unpaired) electrons. The molecule has 2 unspecified atom stereocenters. The molecule has 2 aromatic rings. The molecular weight excluding hydrogens is 492 g/mol. The lowest BCUT2D eigenvalue weighted by molar-refractivity contribution is -0.00214. The quantitative estimate of drug-likeness (QED) is 0.317. The summed E-state index contributed by atoms with van der Waals surface area (Å²) in [6, 6.07) is 13.1. The second-order valence-corrected chi connectivity index (χ2v) is 14.6. The van der Waals surface area contributed by atoms with Crippen LogP contribution >= 0.6 is 0 Å². The van der Waals surface area contributed by atoms with Crippen molar-refractivity contribution in [1.82, 2.24) is 0 Å². The Hall–Kier alpha value is -2.86. The van der Waals surface area contributed by atoms with Gasteiger partial charge in [-0.3, -0.25) is 0 Å². The first-order valence-electron chi connectivity index (χ1n) is 15.8. The molecule has 0 bridgehead atoms. The molecule has 5 atom stereocenters. The van der Waals surface area contributed by atoms with Crippen LogP contribution in [0.2, 0.25) is 0 Å². The maximum Gasteiger partial charge on any atom is 0.0153 e. The van der Waals surface area contributed by atoms with Crippen molar-refractivity contribution in [2.24, 2.45) is 28.1 Å². The Morgan fingerprint density at radius 2 is 1.66 bits per heavy atom. The number of fused-ring (bicyclic) bond motifs is 3. The summed E-state index contributed by atoms with van der Waals surface area (Å²) in [6.07, 6.45) is 6.52. The molecule has 5 rings (SSSR count). The number of rotatable bonds is 6. The van der Waals surface area contributed by atoms with E-state index >= 15 is 0 Å². The van der Waals surface area contributed by atoms with Crippen LogP contribution in [0, 0.1) is 35.0 Å². The minimum absolute atomic E-state index is 0.0645. The molecule has 0 heteroatoms. The van der Waals surface area contributed by atoms with Crippen LogP contribution in [0.5, 0.6) is 0 Å². The van der Waals surface area contributed by atoms with Gasteiger partial charge in [-0.2, -0.15) is 0 Å². The van der Waals surface area contributed by atoms with Crippen molar-refractivity contribution in [2.45, 2.75) is 93.9 Å². The molecule has 1 fully saturated rings. The highest BCUT2D eigenvalue weighted by Gasteiger charge is 2.61. The van der Waals surface area contributed by atoms with Gasteiger partial charge in [-0.05, 0) is 126 Å². The zero-order valence-electron chi connectivity index (χ0n) is 27.2. The lowest BCUT2D eigenvalue weighted by Gasteiger charge is -2.64. The number of hydrogen-bond donors (Lipinski definition) is 0. The van der Waals surface area contributed by atoms with Crippen LogP contribution in [0.3, 0.4) is 0 Å². The third-order valence-electron chi connectivity index (χ3n) is 11.9. The van der Waals surface area contributed by atoms with E-state index in [0.29, 0.717) is 11.8 Å². The fourth-order valence-corrected chi connectivity index (χ4v) is 9.95. The van der Waals surface area contributed by atoms with Crippen molar-refractivity contribution in [3.05, 3.63) is 118 Å². The first-order chi connectivity index (χ1) is 19.2. The van der Waals surface area contributed by atoms with E-state index in [0.717, 1.165) is 25.7 Å². The predicted molar refractivity (Wildman–Crippen MR) is 180 cm³/mol. The maximum absolute atomic E-state index is 4.92. The van der Waals surface area contributed by atoms with Crippen LogP contribution in [-0.4, -0.2) is 0 Å². The molecule has 3 aliphatic rings. The summed E-state index contributed by atoms with van der Waals surface area (Å²) in [7, 11) is 0. The van der Waals surface area contributed by atoms with Crippen molar-refractivity contribution in [3.8, 4) is 0 Å². The molecule has 0 aromatic heterocycles. The van der Waals surface area contributed by atoms with Gasteiger partial charge in [-0.25, -0.2) is 0 Å². The summed E-state index contributed by atoms with van der Waals surface area (Å²) in [5.74, 6) is 0.937. The zero-order chi connectivity index (χ0) is 30.1. The maximum atomic E-state index is 4.92. The van der Waals surface area contributed by atoms with Crippen LogP contribution in [0.4, 0.5) is 0 Å². The zero-order valence-corrected chi connectivity index (χ0v) is 27.2. The number of benzene rings is 2. The Balaban J connectivity index is 1.62. The van der Waals surface area contributed by atoms with Crippen molar-refractivity contribution in [3.63, 3.8) is 0 Å². The molecule has 0 heterocycles. The fraction of sp³-hybridized carbons (Fsp3) is 0.463. The Morgan fingerprint density at radius 1 is 1.00 bits per heavy atom.